The summed E-state index contributed by atoms with van der Waals surface area (Å²) in [6.07, 6.45) is 0.763. The molecule has 0 aliphatic carbocycles. The van der Waals surface area contributed by atoms with E-state index in [4.69, 9.17) is 11.2 Å². The minimum atomic E-state index is -0.188. The van der Waals surface area contributed by atoms with Crippen molar-refractivity contribution >= 4 is 19.2 Å². The molecule has 1 aromatic carbocycles. The third kappa shape index (κ3) is 2.24. The average Bonchev–Trinajstić information content (AvgIpc) is 1.88. The highest BCUT2D eigenvalue weighted by Gasteiger charge is 1.92. The summed E-state index contributed by atoms with van der Waals surface area (Å²) in [5.74, 6) is -0.188. The van der Waals surface area contributed by atoms with Crippen molar-refractivity contribution in [3.63, 3.8) is 0 Å². The van der Waals surface area contributed by atoms with Crippen LogP contribution >= 0.6 is 19.2 Å². The maximum atomic E-state index is 12.5. The van der Waals surface area contributed by atoms with E-state index in [0.29, 0.717) is 7.93 Å². The zero-order valence-electron chi connectivity index (χ0n) is 5.27. The van der Waals surface area contributed by atoms with E-state index in [1.54, 1.807) is 6.07 Å². The van der Waals surface area contributed by atoms with Gasteiger partial charge in [-0.2, -0.15) is 0 Å². The summed E-state index contributed by atoms with van der Waals surface area (Å²) in [4.78, 5) is 0. The largest absolute Gasteiger partial charge is 0.207 e. The van der Waals surface area contributed by atoms with Crippen LogP contribution in [0.2, 0.25) is 0 Å². The SMILES string of the molecule is Fc1cccc(CPCl)c1. The lowest BCUT2D eigenvalue weighted by Gasteiger charge is -1.95. The van der Waals surface area contributed by atoms with Crippen molar-refractivity contribution in [1.29, 1.82) is 0 Å². The number of halogens is 2. The van der Waals surface area contributed by atoms with Gasteiger partial charge in [0.2, 0.25) is 0 Å². The first kappa shape index (κ1) is 7.97. The molecule has 0 aliphatic heterocycles. The first-order chi connectivity index (χ1) is 4.83. The van der Waals surface area contributed by atoms with Gasteiger partial charge in [-0.05, 0) is 25.6 Å². The second-order valence-corrected chi connectivity index (χ2v) is 3.36. The Morgan fingerprint density at radius 2 is 2.30 bits per heavy atom. The van der Waals surface area contributed by atoms with Crippen LogP contribution in [0.25, 0.3) is 0 Å². The van der Waals surface area contributed by atoms with Gasteiger partial charge in [-0.15, -0.1) is 0 Å². The predicted molar refractivity (Wildman–Crippen MR) is 44.3 cm³/mol. The van der Waals surface area contributed by atoms with Crippen molar-refractivity contribution in [2.75, 3.05) is 0 Å². The van der Waals surface area contributed by atoms with Crippen LogP contribution in [0.4, 0.5) is 4.39 Å². The van der Waals surface area contributed by atoms with Crippen molar-refractivity contribution in [1.82, 2.24) is 0 Å². The molecule has 1 unspecified atom stereocenters. The van der Waals surface area contributed by atoms with Crippen LogP contribution in [0.1, 0.15) is 5.56 Å². The van der Waals surface area contributed by atoms with Crippen LogP contribution in [0.3, 0.4) is 0 Å². The van der Waals surface area contributed by atoms with E-state index in [9.17, 15) is 4.39 Å². The van der Waals surface area contributed by atoms with Gasteiger partial charge in [0.05, 0.1) is 0 Å². The Kier molecular flexibility index (Phi) is 3.11. The summed E-state index contributed by atoms with van der Waals surface area (Å²) in [5.41, 5.74) is 0.966. The van der Waals surface area contributed by atoms with E-state index in [0.717, 1.165) is 11.7 Å². The zero-order chi connectivity index (χ0) is 7.40. The van der Waals surface area contributed by atoms with Crippen LogP contribution in [0.15, 0.2) is 24.3 Å². The Hall–Kier alpha value is -0.130. The van der Waals surface area contributed by atoms with Crippen LogP contribution in [-0.2, 0) is 6.16 Å². The third-order valence-electron chi connectivity index (χ3n) is 1.16. The van der Waals surface area contributed by atoms with Gasteiger partial charge in [-0.1, -0.05) is 23.4 Å². The van der Waals surface area contributed by atoms with Gasteiger partial charge >= 0.3 is 0 Å². The predicted octanol–water partition coefficient (Wildman–Crippen LogP) is 3.16. The summed E-state index contributed by atoms with van der Waals surface area (Å²) >= 11 is 5.49. The molecule has 0 heterocycles. The molecule has 0 bridgehead atoms. The van der Waals surface area contributed by atoms with Crippen LogP contribution < -0.4 is 0 Å². The first-order valence-electron chi connectivity index (χ1n) is 2.91. The van der Waals surface area contributed by atoms with Gasteiger partial charge in [0.25, 0.3) is 0 Å². The van der Waals surface area contributed by atoms with Gasteiger partial charge in [0.1, 0.15) is 5.82 Å². The fraction of sp³-hybridized carbons (Fsp3) is 0.143. The topological polar surface area (TPSA) is 0 Å². The van der Waals surface area contributed by atoms with E-state index >= 15 is 0 Å². The van der Waals surface area contributed by atoms with Crippen LogP contribution in [-0.4, -0.2) is 0 Å². The molecule has 0 saturated carbocycles. The van der Waals surface area contributed by atoms with Crippen molar-refractivity contribution in [2.45, 2.75) is 6.16 Å². The molecule has 0 N–H and O–H groups in total. The molecule has 10 heavy (non-hydrogen) atoms. The lowest BCUT2D eigenvalue weighted by Crippen LogP contribution is -1.78. The maximum Gasteiger partial charge on any atom is 0.123 e. The molecule has 0 aromatic heterocycles. The summed E-state index contributed by atoms with van der Waals surface area (Å²) < 4.78 is 12.5. The molecule has 54 valence electrons. The lowest BCUT2D eigenvalue weighted by atomic mass is 10.2. The molecule has 0 fully saturated rings. The number of hydrogen-bond donors (Lipinski definition) is 0. The molecule has 0 saturated heterocycles. The normalized spacial score (nSPS) is 11.0. The van der Waals surface area contributed by atoms with E-state index in [-0.39, 0.29) is 5.82 Å². The molecular weight excluding hydrogens is 170 g/mol. The molecule has 0 amide bonds. The maximum absolute atomic E-state index is 12.5. The Morgan fingerprint density at radius 1 is 1.50 bits per heavy atom. The third-order valence-corrected chi connectivity index (χ3v) is 2.10. The van der Waals surface area contributed by atoms with Gasteiger partial charge < -0.3 is 0 Å². The van der Waals surface area contributed by atoms with Gasteiger partial charge in [-0.25, -0.2) is 4.39 Å². The Morgan fingerprint density at radius 3 is 2.90 bits per heavy atom. The Bertz CT molecular complexity index is 215. The smallest absolute Gasteiger partial charge is 0.123 e. The van der Waals surface area contributed by atoms with Crippen LogP contribution in [0, 0.1) is 5.82 Å². The molecule has 1 atom stereocenters. The highest BCUT2D eigenvalue weighted by Crippen LogP contribution is 2.22. The molecule has 0 nitrogen and oxygen atoms in total. The zero-order valence-corrected chi connectivity index (χ0v) is 7.03. The number of rotatable bonds is 2. The Labute approximate surface area is 66.0 Å². The minimum absolute atomic E-state index is 0.188. The summed E-state index contributed by atoms with van der Waals surface area (Å²) in [6, 6.07) is 6.51. The standard InChI is InChI=1S/C7H7ClFP/c8-10-5-6-2-1-3-7(9)4-6/h1-4,10H,5H2. The molecule has 0 aliphatic rings. The fourth-order valence-corrected chi connectivity index (χ4v) is 1.56. The Balaban J connectivity index is 2.75. The number of benzene rings is 1. The molecule has 3 heteroatoms. The minimum Gasteiger partial charge on any atom is -0.207 e. The molecule has 1 rings (SSSR count). The second kappa shape index (κ2) is 3.90. The van der Waals surface area contributed by atoms with E-state index in [2.05, 4.69) is 0 Å². The quantitative estimate of drug-likeness (QED) is 0.608. The van der Waals surface area contributed by atoms with Crippen molar-refractivity contribution in [3.8, 4) is 0 Å². The highest BCUT2D eigenvalue weighted by atomic mass is 35.7. The summed E-state index contributed by atoms with van der Waals surface area (Å²) in [6.45, 7) is 0. The second-order valence-electron chi connectivity index (χ2n) is 1.94. The molecule has 0 spiro atoms. The van der Waals surface area contributed by atoms with Gasteiger partial charge in [0, 0.05) is 6.16 Å². The van der Waals surface area contributed by atoms with E-state index in [1.165, 1.54) is 12.1 Å². The highest BCUT2D eigenvalue weighted by molar-refractivity contribution is 7.67. The lowest BCUT2D eigenvalue weighted by molar-refractivity contribution is 0.626. The van der Waals surface area contributed by atoms with Gasteiger partial charge in [0.15, 0.2) is 0 Å². The van der Waals surface area contributed by atoms with Crippen molar-refractivity contribution in [2.24, 2.45) is 0 Å². The van der Waals surface area contributed by atoms with Crippen LogP contribution in [0.5, 0.6) is 0 Å². The fourth-order valence-electron chi connectivity index (χ4n) is 0.724. The average molecular weight is 177 g/mol. The molecule has 1 aromatic rings. The van der Waals surface area contributed by atoms with Gasteiger partial charge in [-0.3, -0.25) is 0 Å². The summed E-state index contributed by atoms with van der Waals surface area (Å²) in [5, 5.41) is 0. The molecular formula is C7H7ClFP. The summed E-state index contributed by atoms with van der Waals surface area (Å²) in [7, 11) is 0.337. The van der Waals surface area contributed by atoms with Crippen molar-refractivity contribution < 1.29 is 4.39 Å². The van der Waals surface area contributed by atoms with E-state index < -0.39 is 0 Å². The monoisotopic (exact) mass is 176 g/mol. The van der Waals surface area contributed by atoms with Crippen molar-refractivity contribution in [3.05, 3.63) is 35.6 Å². The first-order valence-corrected chi connectivity index (χ1v) is 5.13. The molecule has 0 radical (unpaired) electrons. The van der Waals surface area contributed by atoms with E-state index in [1.807, 2.05) is 6.07 Å². The number of hydrogen-bond acceptors (Lipinski definition) is 0.